The summed E-state index contributed by atoms with van der Waals surface area (Å²) >= 11 is 18.8. The molecule has 0 radical (unpaired) electrons. The van der Waals surface area contributed by atoms with E-state index in [0.29, 0.717) is 69.0 Å². The zero-order chi connectivity index (χ0) is 28.1. The number of nitrogens with one attached hydrogen (secondary N) is 1. The molecule has 10 heteroatoms. The zero-order valence-electron chi connectivity index (χ0n) is 21.7. The average molecular weight is 587 g/mol. The summed E-state index contributed by atoms with van der Waals surface area (Å²) in [5.74, 6) is 0.249. The molecule has 0 saturated carbocycles. The normalized spacial score (nSPS) is 12.1. The van der Waals surface area contributed by atoms with E-state index in [1.165, 1.54) is 4.68 Å². The second-order valence-corrected chi connectivity index (χ2v) is 11.0. The lowest BCUT2D eigenvalue weighted by molar-refractivity contribution is 0.0637. The zero-order valence-corrected chi connectivity index (χ0v) is 24.0. The summed E-state index contributed by atoms with van der Waals surface area (Å²) in [5, 5.41) is 1.56. The van der Waals surface area contributed by atoms with E-state index in [1.807, 2.05) is 30.3 Å². The highest BCUT2D eigenvalue weighted by atomic mass is 35.5. The summed E-state index contributed by atoms with van der Waals surface area (Å²) < 4.78 is 1.42. The Balaban J connectivity index is 1.95. The molecule has 0 aliphatic rings. The van der Waals surface area contributed by atoms with Gasteiger partial charge in [0.25, 0.3) is 11.5 Å². The van der Waals surface area contributed by atoms with Crippen molar-refractivity contribution in [3.05, 3.63) is 104 Å². The second-order valence-electron chi connectivity index (χ2n) is 9.69. The van der Waals surface area contributed by atoms with Crippen LogP contribution in [0.15, 0.2) is 71.5 Å². The topological polar surface area (TPSA) is 93.2 Å². The number of benzene rings is 3. The number of rotatable bonds is 10. The molecule has 1 heterocycles. The largest absolute Gasteiger partial charge is 0.330 e. The van der Waals surface area contributed by atoms with Gasteiger partial charge in [-0.05, 0) is 73.8 Å². The van der Waals surface area contributed by atoms with E-state index in [-0.39, 0.29) is 17.4 Å². The van der Waals surface area contributed by atoms with Gasteiger partial charge < -0.3 is 10.6 Å². The molecule has 1 unspecified atom stereocenters. The third-order valence-corrected chi connectivity index (χ3v) is 6.89. The Morgan fingerprint density at radius 3 is 2.33 bits per heavy atom. The van der Waals surface area contributed by atoms with E-state index in [9.17, 15) is 9.59 Å². The number of halogens is 3. The predicted octanol–water partition coefficient (Wildman–Crippen LogP) is 6.81. The van der Waals surface area contributed by atoms with Crippen molar-refractivity contribution < 1.29 is 4.79 Å². The summed E-state index contributed by atoms with van der Waals surface area (Å²) in [4.78, 5) is 34.5. The smallest absolute Gasteiger partial charge is 0.280 e. The van der Waals surface area contributed by atoms with Crippen molar-refractivity contribution in [2.75, 3.05) is 18.5 Å². The van der Waals surface area contributed by atoms with Crippen molar-refractivity contribution in [3.8, 4) is 0 Å². The van der Waals surface area contributed by atoms with Crippen LogP contribution in [0.4, 0.5) is 5.69 Å². The Kier molecular flexibility index (Phi) is 9.51. The minimum Gasteiger partial charge on any atom is -0.330 e. The van der Waals surface area contributed by atoms with Gasteiger partial charge in [-0.2, -0.15) is 0 Å². The van der Waals surface area contributed by atoms with Crippen LogP contribution in [0.2, 0.25) is 15.1 Å². The van der Waals surface area contributed by atoms with Crippen LogP contribution in [-0.2, 0) is 0 Å². The monoisotopic (exact) mass is 585 g/mol. The predicted molar refractivity (Wildman–Crippen MR) is 160 cm³/mol. The molecule has 0 spiro atoms. The van der Waals surface area contributed by atoms with E-state index in [2.05, 4.69) is 19.3 Å². The van der Waals surface area contributed by atoms with Crippen LogP contribution in [-0.4, -0.2) is 33.6 Å². The van der Waals surface area contributed by atoms with Gasteiger partial charge in [0.15, 0.2) is 5.82 Å². The van der Waals surface area contributed by atoms with Gasteiger partial charge in [0.1, 0.15) is 0 Å². The van der Waals surface area contributed by atoms with Gasteiger partial charge in [0, 0.05) is 27.2 Å². The van der Waals surface area contributed by atoms with Crippen molar-refractivity contribution in [3.63, 3.8) is 0 Å². The Labute approximate surface area is 242 Å². The van der Waals surface area contributed by atoms with E-state index in [0.717, 1.165) is 0 Å². The van der Waals surface area contributed by atoms with Gasteiger partial charge in [-0.1, -0.05) is 66.8 Å². The van der Waals surface area contributed by atoms with Crippen molar-refractivity contribution in [2.45, 2.75) is 32.7 Å². The highest BCUT2D eigenvalue weighted by Gasteiger charge is 2.31. The lowest BCUT2D eigenvalue weighted by atomic mass is 9.99. The number of hydrogen-bond acceptors (Lipinski definition) is 5. The maximum absolute atomic E-state index is 14.0. The number of hydrogen-bond donors (Lipinski definition) is 2. The number of carbonyl (C=O) groups excluding carboxylic acids is 1. The fraction of sp³-hybridized carbons (Fsp3) is 0.276. The van der Waals surface area contributed by atoms with Gasteiger partial charge in [0.05, 0.1) is 22.6 Å². The van der Waals surface area contributed by atoms with Crippen LogP contribution in [0.3, 0.4) is 0 Å². The van der Waals surface area contributed by atoms with Crippen LogP contribution in [0.1, 0.15) is 48.9 Å². The van der Waals surface area contributed by atoms with E-state index < -0.39 is 6.04 Å². The average Bonchev–Trinajstić information content (AvgIpc) is 2.89. The highest BCUT2D eigenvalue weighted by Crippen LogP contribution is 2.31. The van der Waals surface area contributed by atoms with Gasteiger partial charge in [-0.15, -0.1) is 0 Å². The van der Waals surface area contributed by atoms with Crippen molar-refractivity contribution in [2.24, 2.45) is 11.7 Å². The Hall–Kier alpha value is -3.10. The molecule has 3 N–H and O–H groups in total. The summed E-state index contributed by atoms with van der Waals surface area (Å²) in [6.45, 7) is 4.83. The van der Waals surface area contributed by atoms with Crippen molar-refractivity contribution in [1.82, 2.24) is 14.6 Å². The molecule has 0 saturated heterocycles. The standard InChI is InChI=1S/C29H30Cl3N5O2/c1-18(2)13-26(36(12-6-11-33)28(38)19-14-21(31)16-22(32)15-19)27-34-25-17-20(30)9-10-24(25)29(39)37(27)35-23-7-4-3-5-8-23/h3-5,7-10,14-18,26,35H,6,11-13,33H2,1-2H3. The summed E-state index contributed by atoms with van der Waals surface area (Å²) in [6, 6.07) is 18.5. The third kappa shape index (κ3) is 6.92. The van der Waals surface area contributed by atoms with Crippen LogP contribution in [0.5, 0.6) is 0 Å². The number of fused-ring (bicyclic) bond motifs is 1. The maximum Gasteiger partial charge on any atom is 0.280 e. The first-order valence-corrected chi connectivity index (χ1v) is 13.8. The molecular weight excluding hydrogens is 557 g/mol. The molecule has 0 aliphatic carbocycles. The number of nitrogens with zero attached hydrogens (tertiary/aromatic N) is 3. The van der Waals surface area contributed by atoms with Crippen LogP contribution in [0.25, 0.3) is 10.9 Å². The molecule has 0 aliphatic heterocycles. The highest BCUT2D eigenvalue weighted by molar-refractivity contribution is 6.35. The molecule has 4 aromatic rings. The number of nitrogens with two attached hydrogens (primary N) is 1. The minimum absolute atomic E-state index is 0.156. The second kappa shape index (κ2) is 12.8. The van der Waals surface area contributed by atoms with E-state index in [1.54, 1.807) is 41.3 Å². The van der Waals surface area contributed by atoms with E-state index >= 15 is 0 Å². The fourth-order valence-corrected chi connectivity index (χ4v) is 5.16. The summed E-state index contributed by atoms with van der Waals surface area (Å²) in [7, 11) is 0. The molecular formula is C29H30Cl3N5O2. The summed E-state index contributed by atoms with van der Waals surface area (Å²) in [6.07, 6.45) is 1.07. The van der Waals surface area contributed by atoms with Crippen molar-refractivity contribution in [1.29, 1.82) is 0 Å². The van der Waals surface area contributed by atoms with Gasteiger partial charge in [-0.3, -0.25) is 15.0 Å². The lowest BCUT2D eigenvalue weighted by Crippen LogP contribution is -2.42. The molecule has 3 aromatic carbocycles. The first-order chi connectivity index (χ1) is 18.7. The molecule has 0 bridgehead atoms. The third-order valence-electron chi connectivity index (χ3n) is 6.21. The first kappa shape index (κ1) is 28.9. The number of carbonyl (C=O) groups is 1. The lowest BCUT2D eigenvalue weighted by Gasteiger charge is -2.34. The maximum atomic E-state index is 14.0. The quantitative estimate of drug-likeness (QED) is 0.213. The minimum atomic E-state index is -0.589. The summed E-state index contributed by atoms with van der Waals surface area (Å²) in [5.41, 5.74) is 10.3. The molecule has 0 fully saturated rings. The van der Waals surface area contributed by atoms with Crippen LogP contribution in [0, 0.1) is 5.92 Å². The van der Waals surface area contributed by atoms with Crippen LogP contribution >= 0.6 is 34.8 Å². The number of anilines is 1. The number of amides is 1. The van der Waals surface area contributed by atoms with Crippen molar-refractivity contribution >= 4 is 57.3 Å². The molecule has 1 aromatic heterocycles. The number of para-hydroxylation sites is 1. The molecule has 4 rings (SSSR count). The fourth-order valence-electron chi connectivity index (χ4n) is 4.47. The van der Waals surface area contributed by atoms with Gasteiger partial charge in [0.2, 0.25) is 0 Å². The Morgan fingerprint density at radius 1 is 1.00 bits per heavy atom. The van der Waals surface area contributed by atoms with Gasteiger partial charge in [-0.25, -0.2) is 9.66 Å². The molecule has 1 atom stereocenters. The van der Waals surface area contributed by atoms with E-state index in [4.69, 9.17) is 45.5 Å². The van der Waals surface area contributed by atoms with Crippen LogP contribution < -0.4 is 16.7 Å². The molecule has 1 amide bonds. The Morgan fingerprint density at radius 2 is 1.69 bits per heavy atom. The van der Waals surface area contributed by atoms with Gasteiger partial charge >= 0.3 is 0 Å². The molecule has 7 nitrogen and oxygen atoms in total. The SMILES string of the molecule is CC(C)CC(c1nc2cc(Cl)ccc2c(=O)n1Nc1ccccc1)N(CCCN)C(=O)c1cc(Cl)cc(Cl)c1. The number of aromatic nitrogens is 2. The molecule has 204 valence electrons. The molecule has 39 heavy (non-hydrogen) atoms. The first-order valence-electron chi connectivity index (χ1n) is 12.7. The Bertz CT molecular complexity index is 1500.